The van der Waals surface area contributed by atoms with Crippen molar-refractivity contribution in [1.82, 2.24) is 14.7 Å². The summed E-state index contributed by atoms with van der Waals surface area (Å²) in [6.45, 7) is 1.12. The second-order valence-corrected chi connectivity index (χ2v) is 6.84. The van der Waals surface area contributed by atoms with Gasteiger partial charge in [0.05, 0.1) is 12.3 Å². The Labute approximate surface area is 151 Å². The van der Waals surface area contributed by atoms with Crippen molar-refractivity contribution >= 4 is 23.3 Å². The minimum Gasteiger partial charge on any atom is -0.467 e. The van der Waals surface area contributed by atoms with Crippen LogP contribution in [-0.2, 0) is 0 Å². The number of amides is 1. The summed E-state index contributed by atoms with van der Waals surface area (Å²) in [5.41, 5.74) is -0.148. The lowest BCUT2D eigenvalue weighted by Gasteiger charge is -2.32. The molecule has 0 aromatic carbocycles. The first-order valence-corrected chi connectivity index (χ1v) is 8.68. The largest absolute Gasteiger partial charge is 0.467 e. The number of nitrogens with one attached hydrogen (secondary N) is 1. The molecule has 0 bridgehead atoms. The molecule has 1 N–H and O–H groups in total. The Hall–Kier alpha value is -2.16. The topological polar surface area (TPSA) is 63.3 Å². The summed E-state index contributed by atoms with van der Waals surface area (Å²) in [4.78, 5) is 14.2. The number of likely N-dealkylation sites (tertiary alicyclic amines) is 1. The van der Waals surface area contributed by atoms with Crippen LogP contribution in [0.2, 0.25) is 5.02 Å². The maximum atomic E-state index is 13.6. The molecule has 10 heteroatoms. The van der Waals surface area contributed by atoms with E-state index in [1.165, 1.54) is 6.26 Å². The lowest BCUT2D eigenvalue weighted by Crippen LogP contribution is -2.35. The van der Waals surface area contributed by atoms with E-state index in [9.17, 15) is 18.0 Å². The van der Waals surface area contributed by atoms with E-state index >= 15 is 0 Å². The Morgan fingerprint density at radius 3 is 2.69 bits per heavy atom. The molecule has 4 rings (SSSR count). The number of fused-ring (bicyclic) bond motifs is 1. The van der Waals surface area contributed by atoms with E-state index in [0.717, 1.165) is 17.5 Å². The number of hydrogen-bond acceptors (Lipinski definition) is 4. The lowest BCUT2D eigenvalue weighted by molar-refractivity contribution is -0.174. The molecule has 2 aliphatic rings. The van der Waals surface area contributed by atoms with Gasteiger partial charge < -0.3 is 14.6 Å². The summed E-state index contributed by atoms with van der Waals surface area (Å²) in [6, 6.07) is 0.594. The number of carbonyl (C=O) groups is 1. The average Bonchev–Trinajstić information content (AvgIpc) is 3.34. The standard InChI is InChI=1S/C16H16ClF3N4O2/c17-12-13(15(25)23-5-1-2-6-23)22-24-11(16(18,19)20)8-9(21-14(12)24)10-4-3-7-26-10/h3-4,7,9,11,21H,1-2,5-6,8H2/t9-,11+/m1/s1. The van der Waals surface area contributed by atoms with Gasteiger partial charge in [-0.3, -0.25) is 4.79 Å². The molecule has 140 valence electrons. The minimum atomic E-state index is -4.54. The minimum absolute atomic E-state index is 0.0100. The number of aromatic nitrogens is 2. The predicted molar refractivity (Wildman–Crippen MR) is 87.2 cm³/mol. The van der Waals surface area contributed by atoms with Gasteiger partial charge in [-0.25, -0.2) is 4.68 Å². The van der Waals surface area contributed by atoms with Crippen molar-refractivity contribution in [2.45, 2.75) is 37.5 Å². The average molecular weight is 389 g/mol. The van der Waals surface area contributed by atoms with Crippen LogP contribution < -0.4 is 5.32 Å². The van der Waals surface area contributed by atoms with E-state index in [4.69, 9.17) is 16.0 Å². The van der Waals surface area contributed by atoms with Crippen LogP contribution in [0.15, 0.2) is 22.8 Å². The van der Waals surface area contributed by atoms with Gasteiger partial charge >= 0.3 is 6.18 Å². The van der Waals surface area contributed by atoms with Crippen molar-refractivity contribution < 1.29 is 22.4 Å². The third-order valence-corrected chi connectivity index (χ3v) is 5.14. The third-order valence-electron chi connectivity index (χ3n) is 4.78. The molecule has 1 saturated heterocycles. The Morgan fingerprint density at radius 2 is 2.08 bits per heavy atom. The molecule has 6 nitrogen and oxygen atoms in total. The van der Waals surface area contributed by atoms with E-state index in [0.29, 0.717) is 18.8 Å². The van der Waals surface area contributed by atoms with Crippen molar-refractivity contribution in [3.63, 3.8) is 0 Å². The number of hydrogen-bond donors (Lipinski definition) is 1. The van der Waals surface area contributed by atoms with Gasteiger partial charge in [0.2, 0.25) is 0 Å². The van der Waals surface area contributed by atoms with Crippen LogP contribution >= 0.6 is 11.6 Å². The van der Waals surface area contributed by atoms with Crippen molar-refractivity contribution in [3.05, 3.63) is 34.9 Å². The van der Waals surface area contributed by atoms with Gasteiger partial charge in [-0.1, -0.05) is 11.6 Å². The molecule has 0 saturated carbocycles. The number of furan rings is 1. The summed E-state index contributed by atoms with van der Waals surface area (Å²) < 4.78 is 46.9. The normalized spacial score (nSPS) is 23.0. The van der Waals surface area contributed by atoms with E-state index in [2.05, 4.69) is 10.4 Å². The maximum Gasteiger partial charge on any atom is 0.410 e. The Morgan fingerprint density at radius 1 is 1.35 bits per heavy atom. The molecule has 2 aromatic rings. The third kappa shape index (κ3) is 2.84. The highest BCUT2D eigenvalue weighted by molar-refractivity contribution is 6.36. The first-order chi connectivity index (χ1) is 12.4. The molecule has 1 fully saturated rings. The number of nitrogens with zero attached hydrogens (tertiary/aromatic N) is 3. The number of anilines is 1. The fourth-order valence-electron chi connectivity index (χ4n) is 3.47. The molecule has 2 aliphatic heterocycles. The van der Waals surface area contributed by atoms with E-state index in [1.807, 2.05) is 0 Å². The van der Waals surface area contributed by atoms with Crippen molar-refractivity contribution in [2.24, 2.45) is 0 Å². The van der Waals surface area contributed by atoms with Crippen LogP contribution in [-0.4, -0.2) is 39.9 Å². The van der Waals surface area contributed by atoms with Gasteiger partial charge in [0.15, 0.2) is 11.7 Å². The zero-order valence-electron chi connectivity index (χ0n) is 13.6. The lowest BCUT2D eigenvalue weighted by atomic mass is 10.0. The smallest absolute Gasteiger partial charge is 0.410 e. The summed E-state index contributed by atoms with van der Waals surface area (Å²) in [5.74, 6) is -0.0777. The highest BCUT2D eigenvalue weighted by Crippen LogP contribution is 2.46. The fourth-order valence-corrected chi connectivity index (χ4v) is 3.73. The van der Waals surface area contributed by atoms with Crippen LogP contribution in [0.5, 0.6) is 0 Å². The number of carbonyl (C=O) groups excluding carboxylic acids is 1. The van der Waals surface area contributed by atoms with Gasteiger partial charge in [-0.15, -0.1) is 0 Å². The van der Waals surface area contributed by atoms with Crippen LogP contribution in [0.25, 0.3) is 0 Å². The van der Waals surface area contributed by atoms with E-state index in [-0.39, 0.29) is 23.0 Å². The summed E-state index contributed by atoms with van der Waals surface area (Å²) in [7, 11) is 0. The quantitative estimate of drug-likeness (QED) is 0.843. The number of rotatable bonds is 2. The number of halogens is 4. The molecule has 4 heterocycles. The Kier molecular flexibility index (Phi) is 4.13. The fraction of sp³-hybridized carbons (Fsp3) is 0.500. The zero-order chi connectivity index (χ0) is 18.5. The summed E-state index contributed by atoms with van der Waals surface area (Å²) in [6.07, 6.45) is -1.72. The van der Waals surface area contributed by atoms with Crippen LogP contribution in [0.3, 0.4) is 0 Å². The van der Waals surface area contributed by atoms with Gasteiger partial charge in [-0.2, -0.15) is 18.3 Å². The Bertz CT molecular complexity index is 812. The molecule has 2 aromatic heterocycles. The van der Waals surface area contributed by atoms with Gasteiger partial charge in [0, 0.05) is 19.5 Å². The van der Waals surface area contributed by atoms with Gasteiger partial charge in [-0.05, 0) is 25.0 Å². The maximum absolute atomic E-state index is 13.6. The van der Waals surface area contributed by atoms with Crippen LogP contribution in [0.1, 0.15) is 47.6 Å². The first-order valence-electron chi connectivity index (χ1n) is 8.30. The van der Waals surface area contributed by atoms with Crippen molar-refractivity contribution in [1.29, 1.82) is 0 Å². The highest BCUT2D eigenvalue weighted by atomic mass is 35.5. The highest BCUT2D eigenvalue weighted by Gasteiger charge is 2.48. The molecule has 0 unspecified atom stereocenters. The molecular weight excluding hydrogens is 373 g/mol. The van der Waals surface area contributed by atoms with Crippen molar-refractivity contribution in [3.8, 4) is 0 Å². The summed E-state index contributed by atoms with van der Waals surface area (Å²) in [5, 5.41) is 6.79. The van der Waals surface area contributed by atoms with Gasteiger partial charge in [0.25, 0.3) is 5.91 Å². The molecular formula is C16H16ClF3N4O2. The first kappa shape index (κ1) is 17.3. The molecule has 0 aliphatic carbocycles. The molecule has 0 spiro atoms. The molecule has 0 radical (unpaired) electrons. The zero-order valence-corrected chi connectivity index (χ0v) is 14.3. The molecule has 26 heavy (non-hydrogen) atoms. The summed E-state index contributed by atoms with van der Waals surface area (Å²) >= 11 is 6.27. The SMILES string of the molecule is O=C(c1nn2c(c1Cl)N[C@@H](c1ccco1)C[C@H]2C(F)(F)F)N1CCCC1. The second kappa shape index (κ2) is 6.22. The molecule has 1 amide bonds. The second-order valence-electron chi connectivity index (χ2n) is 6.46. The molecule has 2 atom stereocenters. The van der Waals surface area contributed by atoms with E-state index < -0.39 is 24.2 Å². The van der Waals surface area contributed by atoms with Gasteiger partial charge in [0.1, 0.15) is 16.6 Å². The monoisotopic (exact) mass is 388 g/mol. The van der Waals surface area contributed by atoms with Crippen LogP contribution in [0, 0.1) is 0 Å². The number of alkyl halides is 3. The Balaban J connectivity index is 1.74. The predicted octanol–water partition coefficient (Wildman–Crippen LogP) is 4.03. The van der Waals surface area contributed by atoms with E-state index in [1.54, 1.807) is 17.0 Å². The van der Waals surface area contributed by atoms with Crippen molar-refractivity contribution in [2.75, 3.05) is 18.4 Å². The van der Waals surface area contributed by atoms with Crippen LogP contribution in [0.4, 0.5) is 19.0 Å².